The molecule has 0 saturated carbocycles. The minimum Gasteiger partial charge on any atom is -0.381 e. The molecule has 3 aromatic rings. The SMILES string of the molecule is CC(O)(c1ccccc1F)c1cccc2[nH]ccc12. The Bertz CT molecular complexity index is 730. The number of hydrogen-bond acceptors (Lipinski definition) is 1. The van der Waals surface area contributed by atoms with Gasteiger partial charge in [-0.3, -0.25) is 0 Å². The molecule has 0 aliphatic carbocycles. The average Bonchev–Trinajstić information content (AvgIpc) is 2.86. The van der Waals surface area contributed by atoms with Crippen molar-refractivity contribution in [3.05, 3.63) is 71.7 Å². The van der Waals surface area contributed by atoms with Crippen LogP contribution in [0.1, 0.15) is 18.1 Å². The maximum atomic E-state index is 13.9. The van der Waals surface area contributed by atoms with E-state index in [1.54, 1.807) is 25.1 Å². The highest BCUT2D eigenvalue weighted by Crippen LogP contribution is 2.34. The molecule has 1 unspecified atom stereocenters. The normalized spacial score (nSPS) is 14.5. The minimum absolute atomic E-state index is 0.281. The van der Waals surface area contributed by atoms with Crippen molar-refractivity contribution < 1.29 is 9.50 Å². The number of H-pyrrole nitrogens is 1. The number of aromatic amines is 1. The monoisotopic (exact) mass is 255 g/mol. The van der Waals surface area contributed by atoms with Gasteiger partial charge < -0.3 is 10.1 Å². The van der Waals surface area contributed by atoms with Gasteiger partial charge >= 0.3 is 0 Å². The third-order valence-corrected chi connectivity index (χ3v) is 3.52. The molecule has 1 atom stereocenters. The molecule has 0 radical (unpaired) electrons. The number of halogens is 1. The van der Waals surface area contributed by atoms with E-state index in [-0.39, 0.29) is 5.56 Å². The lowest BCUT2D eigenvalue weighted by Gasteiger charge is -2.25. The highest BCUT2D eigenvalue weighted by molar-refractivity contribution is 5.84. The van der Waals surface area contributed by atoms with Crippen molar-refractivity contribution in [3.8, 4) is 0 Å². The van der Waals surface area contributed by atoms with Gasteiger partial charge in [-0.05, 0) is 30.7 Å². The van der Waals surface area contributed by atoms with E-state index in [4.69, 9.17) is 0 Å². The number of aromatic nitrogens is 1. The lowest BCUT2D eigenvalue weighted by atomic mass is 9.86. The third-order valence-electron chi connectivity index (χ3n) is 3.52. The van der Waals surface area contributed by atoms with E-state index in [0.29, 0.717) is 5.56 Å². The van der Waals surface area contributed by atoms with E-state index in [9.17, 15) is 9.50 Å². The first kappa shape index (κ1) is 11.9. The highest BCUT2D eigenvalue weighted by Gasteiger charge is 2.30. The van der Waals surface area contributed by atoms with E-state index in [2.05, 4.69) is 4.98 Å². The number of hydrogen-bond donors (Lipinski definition) is 2. The summed E-state index contributed by atoms with van der Waals surface area (Å²) in [5.74, 6) is -0.403. The van der Waals surface area contributed by atoms with Crippen molar-refractivity contribution in [3.63, 3.8) is 0 Å². The van der Waals surface area contributed by atoms with Crippen LogP contribution in [-0.2, 0) is 5.60 Å². The molecule has 0 aliphatic heterocycles. The van der Waals surface area contributed by atoms with E-state index < -0.39 is 11.4 Å². The van der Waals surface area contributed by atoms with Gasteiger partial charge in [0.2, 0.25) is 0 Å². The van der Waals surface area contributed by atoms with Crippen molar-refractivity contribution in [1.82, 2.24) is 4.98 Å². The first-order valence-corrected chi connectivity index (χ1v) is 6.14. The third kappa shape index (κ3) is 1.83. The Balaban J connectivity index is 2.25. The summed E-state index contributed by atoms with van der Waals surface area (Å²) in [4.78, 5) is 3.09. The summed E-state index contributed by atoms with van der Waals surface area (Å²) in [5.41, 5.74) is 0.529. The first-order chi connectivity index (χ1) is 9.10. The molecular weight excluding hydrogens is 241 g/mol. The Morgan fingerprint density at radius 3 is 2.53 bits per heavy atom. The van der Waals surface area contributed by atoms with Crippen LogP contribution in [0.2, 0.25) is 0 Å². The quantitative estimate of drug-likeness (QED) is 0.721. The Labute approximate surface area is 110 Å². The van der Waals surface area contributed by atoms with Crippen LogP contribution >= 0.6 is 0 Å². The molecule has 1 aromatic heterocycles. The minimum atomic E-state index is -1.37. The summed E-state index contributed by atoms with van der Waals surface area (Å²) in [7, 11) is 0. The smallest absolute Gasteiger partial charge is 0.129 e. The van der Waals surface area contributed by atoms with E-state index >= 15 is 0 Å². The van der Waals surface area contributed by atoms with Crippen molar-refractivity contribution in [1.29, 1.82) is 0 Å². The molecule has 0 amide bonds. The van der Waals surface area contributed by atoms with E-state index in [1.807, 2.05) is 30.5 Å². The molecular formula is C16H14FNO. The first-order valence-electron chi connectivity index (χ1n) is 6.14. The maximum Gasteiger partial charge on any atom is 0.129 e. The van der Waals surface area contributed by atoms with Gasteiger partial charge in [0.1, 0.15) is 11.4 Å². The molecule has 0 spiro atoms. The summed E-state index contributed by atoms with van der Waals surface area (Å²) in [6.45, 7) is 1.62. The van der Waals surface area contributed by atoms with Gasteiger partial charge in [-0.25, -0.2) is 4.39 Å². The number of benzene rings is 2. The summed E-state index contributed by atoms with van der Waals surface area (Å²) in [6.07, 6.45) is 1.81. The zero-order valence-corrected chi connectivity index (χ0v) is 10.5. The van der Waals surface area contributed by atoms with Crippen molar-refractivity contribution in [2.45, 2.75) is 12.5 Å². The molecule has 2 nitrogen and oxygen atoms in total. The summed E-state index contributed by atoms with van der Waals surface area (Å²) < 4.78 is 13.9. The molecule has 96 valence electrons. The molecule has 0 saturated heterocycles. The van der Waals surface area contributed by atoms with Crippen LogP contribution in [0.4, 0.5) is 4.39 Å². The number of nitrogens with one attached hydrogen (secondary N) is 1. The van der Waals surface area contributed by atoms with Crippen molar-refractivity contribution in [2.24, 2.45) is 0 Å². The number of rotatable bonds is 2. The predicted octanol–water partition coefficient (Wildman–Crippen LogP) is 3.56. The van der Waals surface area contributed by atoms with Gasteiger partial charge in [0.15, 0.2) is 0 Å². The molecule has 3 rings (SSSR count). The van der Waals surface area contributed by atoms with Crippen LogP contribution in [0.15, 0.2) is 54.7 Å². The van der Waals surface area contributed by atoms with Gasteiger partial charge in [-0.15, -0.1) is 0 Å². The summed E-state index contributed by atoms with van der Waals surface area (Å²) in [5, 5.41) is 11.7. The molecule has 2 N–H and O–H groups in total. The van der Waals surface area contributed by atoms with Crippen LogP contribution in [0.5, 0.6) is 0 Å². The lowest BCUT2D eigenvalue weighted by molar-refractivity contribution is 0.0995. The number of fused-ring (bicyclic) bond motifs is 1. The van der Waals surface area contributed by atoms with Crippen LogP contribution < -0.4 is 0 Å². The Morgan fingerprint density at radius 1 is 1.00 bits per heavy atom. The maximum absolute atomic E-state index is 13.9. The Morgan fingerprint density at radius 2 is 1.74 bits per heavy atom. The zero-order chi connectivity index (χ0) is 13.5. The van der Waals surface area contributed by atoms with Gasteiger partial charge in [-0.1, -0.05) is 30.3 Å². The van der Waals surface area contributed by atoms with E-state index in [0.717, 1.165) is 10.9 Å². The Hall–Kier alpha value is -2.13. The standard InChI is InChI=1S/C16H14FNO/c1-16(19,13-5-2-3-7-14(13)17)12-6-4-8-15-11(12)9-10-18-15/h2-10,18-19H,1H3. The second kappa shape index (κ2) is 4.21. The fourth-order valence-corrected chi connectivity index (χ4v) is 2.51. The molecule has 2 aromatic carbocycles. The van der Waals surface area contributed by atoms with E-state index in [1.165, 1.54) is 6.07 Å². The van der Waals surface area contributed by atoms with Gasteiger partial charge in [-0.2, -0.15) is 0 Å². The Kier molecular flexibility index (Phi) is 2.64. The van der Waals surface area contributed by atoms with Gasteiger partial charge in [0.05, 0.1) is 0 Å². The highest BCUT2D eigenvalue weighted by atomic mass is 19.1. The lowest BCUT2D eigenvalue weighted by Crippen LogP contribution is -2.24. The van der Waals surface area contributed by atoms with Gasteiger partial charge in [0, 0.05) is 22.7 Å². The van der Waals surface area contributed by atoms with Crippen LogP contribution in [-0.4, -0.2) is 10.1 Å². The molecule has 0 aliphatic rings. The second-order valence-corrected chi connectivity index (χ2v) is 4.80. The molecule has 3 heteroatoms. The van der Waals surface area contributed by atoms with Crippen molar-refractivity contribution >= 4 is 10.9 Å². The topological polar surface area (TPSA) is 36.0 Å². The van der Waals surface area contributed by atoms with Crippen molar-refractivity contribution in [2.75, 3.05) is 0 Å². The largest absolute Gasteiger partial charge is 0.381 e. The molecule has 19 heavy (non-hydrogen) atoms. The fraction of sp³-hybridized carbons (Fsp3) is 0.125. The molecule has 1 heterocycles. The zero-order valence-electron chi connectivity index (χ0n) is 10.5. The van der Waals surface area contributed by atoms with Crippen LogP contribution in [0.25, 0.3) is 10.9 Å². The van der Waals surface area contributed by atoms with Crippen LogP contribution in [0, 0.1) is 5.82 Å². The summed E-state index contributed by atoms with van der Waals surface area (Å²) >= 11 is 0. The summed E-state index contributed by atoms with van der Waals surface area (Å²) in [6, 6.07) is 13.8. The number of aliphatic hydroxyl groups is 1. The second-order valence-electron chi connectivity index (χ2n) is 4.80. The predicted molar refractivity (Wildman–Crippen MR) is 73.4 cm³/mol. The van der Waals surface area contributed by atoms with Crippen LogP contribution in [0.3, 0.4) is 0 Å². The molecule has 0 bridgehead atoms. The van der Waals surface area contributed by atoms with Gasteiger partial charge in [0.25, 0.3) is 0 Å². The average molecular weight is 255 g/mol. The fourth-order valence-electron chi connectivity index (χ4n) is 2.51. The molecule has 0 fully saturated rings.